The number of hydrogen-bond donors (Lipinski definition) is 2. The van der Waals surface area contributed by atoms with Gasteiger partial charge in [0.25, 0.3) is 0 Å². The number of nitrogens with zero attached hydrogens (tertiary/aromatic N) is 1. The number of pyridine rings is 1. The molecule has 106 valence electrons. The van der Waals surface area contributed by atoms with E-state index in [1.807, 2.05) is 6.92 Å². The fraction of sp³-hybridized carbons (Fsp3) is 0.583. The highest BCUT2D eigenvalue weighted by atomic mass is 79.9. The molecule has 1 fully saturated rings. The van der Waals surface area contributed by atoms with Crippen molar-refractivity contribution in [1.29, 1.82) is 0 Å². The Kier molecular flexibility index (Phi) is 4.47. The molecule has 0 aliphatic heterocycles. The fourth-order valence-corrected chi connectivity index (χ4v) is 2.72. The third-order valence-corrected chi connectivity index (χ3v) is 5.63. The first-order chi connectivity index (χ1) is 8.88. The predicted octanol–water partition coefficient (Wildman–Crippen LogP) is 2.03. The lowest BCUT2D eigenvalue weighted by Gasteiger charge is -2.15. The van der Waals surface area contributed by atoms with Gasteiger partial charge in [-0.05, 0) is 54.8 Å². The van der Waals surface area contributed by atoms with E-state index in [9.17, 15) is 8.42 Å². The average molecular weight is 348 g/mol. The van der Waals surface area contributed by atoms with Crippen molar-refractivity contribution in [3.63, 3.8) is 0 Å². The quantitative estimate of drug-likeness (QED) is 0.825. The zero-order valence-corrected chi connectivity index (χ0v) is 13.4. The number of aryl methyl sites for hydroxylation is 1. The zero-order valence-electron chi connectivity index (χ0n) is 11.0. The smallest absolute Gasteiger partial charge is 0.237 e. The number of sulfonamides is 1. The van der Waals surface area contributed by atoms with Gasteiger partial charge in [0.15, 0.2) is 0 Å². The summed E-state index contributed by atoms with van der Waals surface area (Å²) in [5.41, 5.74) is 0.754. The topological polar surface area (TPSA) is 71.1 Å². The van der Waals surface area contributed by atoms with E-state index in [1.54, 1.807) is 19.1 Å². The molecule has 1 aromatic rings. The van der Waals surface area contributed by atoms with E-state index in [1.165, 1.54) is 0 Å². The summed E-state index contributed by atoms with van der Waals surface area (Å²) in [6.07, 6.45) is 2.29. The molecule has 0 spiro atoms. The summed E-state index contributed by atoms with van der Waals surface area (Å²) in [6, 6.07) is 3.94. The monoisotopic (exact) mass is 347 g/mol. The molecule has 2 N–H and O–H groups in total. The van der Waals surface area contributed by atoms with E-state index in [4.69, 9.17) is 0 Å². The molecule has 1 unspecified atom stereocenters. The molecule has 0 aromatic carbocycles. The Morgan fingerprint density at radius 1 is 1.47 bits per heavy atom. The predicted molar refractivity (Wildman–Crippen MR) is 79.7 cm³/mol. The highest BCUT2D eigenvalue weighted by Gasteiger charge is 2.26. The Labute approximate surface area is 122 Å². The summed E-state index contributed by atoms with van der Waals surface area (Å²) in [7, 11) is -3.40. The molecule has 0 amide bonds. The van der Waals surface area contributed by atoms with Gasteiger partial charge in [-0.2, -0.15) is 0 Å². The van der Waals surface area contributed by atoms with Crippen LogP contribution in [0.3, 0.4) is 0 Å². The largest absolute Gasteiger partial charge is 0.313 e. The molecule has 7 heteroatoms. The van der Waals surface area contributed by atoms with Crippen molar-refractivity contribution in [2.45, 2.75) is 38.0 Å². The van der Waals surface area contributed by atoms with E-state index in [0.717, 1.165) is 23.0 Å². The van der Waals surface area contributed by atoms with Gasteiger partial charge in [0.05, 0.1) is 10.9 Å². The van der Waals surface area contributed by atoms with E-state index in [2.05, 4.69) is 31.0 Å². The molecule has 1 atom stereocenters. The molecule has 1 aromatic heterocycles. The van der Waals surface area contributed by atoms with Crippen LogP contribution in [0.25, 0.3) is 0 Å². The lowest BCUT2D eigenvalue weighted by molar-refractivity contribution is 0.576. The van der Waals surface area contributed by atoms with Gasteiger partial charge in [0.1, 0.15) is 5.82 Å². The molecule has 5 nitrogen and oxygen atoms in total. The van der Waals surface area contributed by atoms with Crippen LogP contribution >= 0.6 is 15.9 Å². The van der Waals surface area contributed by atoms with Crippen molar-refractivity contribution in [2.24, 2.45) is 0 Å². The van der Waals surface area contributed by atoms with Gasteiger partial charge in [-0.15, -0.1) is 0 Å². The van der Waals surface area contributed by atoms with Gasteiger partial charge in [-0.3, -0.25) is 4.72 Å². The van der Waals surface area contributed by atoms with Crippen molar-refractivity contribution in [2.75, 3.05) is 11.3 Å². The number of halogens is 1. The molecular weight excluding hydrogens is 330 g/mol. The van der Waals surface area contributed by atoms with E-state index in [0.29, 0.717) is 18.4 Å². The first-order valence-electron chi connectivity index (χ1n) is 6.26. The number of hydrogen-bond acceptors (Lipinski definition) is 4. The molecule has 1 aliphatic rings. The van der Waals surface area contributed by atoms with E-state index < -0.39 is 15.3 Å². The standard InChI is InChI=1S/C12H18BrN3O2S/c1-8(7-14-10-3-4-10)19(17,18)16-12-6-5-11(13)9(2)15-12/h5-6,8,10,14H,3-4,7H2,1-2H3,(H,15,16). The molecule has 1 saturated carbocycles. The molecule has 0 saturated heterocycles. The van der Waals surface area contributed by atoms with Crippen LogP contribution in [0.1, 0.15) is 25.5 Å². The van der Waals surface area contributed by atoms with Crippen molar-refractivity contribution < 1.29 is 8.42 Å². The Morgan fingerprint density at radius 2 is 2.16 bits per heavy atom. The van der Waals surface area contributed by atoms with Gasteiger partial charge in [-0.25, -0.2) is 13.4 Å². The number of aromatic nitrogens is 1. The molecular formula is C12H18BrN3O2S. The maximum absolute atomic E-state index is 12.1. The van der Waals surface area contributed by atoms with Gasteiger partial charge >= 0.3 is 0 Å². The maximum atomic E-state index is 12.1. The second kappa shape index (κ2) is 5.76. The fourth-order valence-electron chi connectivity index (χ4n) is 1.58. The summed E-state index contributed by atoms with van der Waals surface area (Å²) in [6.45, 7) is 3.99. The van der Waals surface area contributed by atoms with E-state index >= 15 is 0 Å². The first kappa shape index (κ1) is 14.7. The van der Waals surface area contributed by atoms with Crippen LogP contribution in [-0.4, -0.2) is 31.2 Å². The Balaban J connectivity index is 2.00. The molecule has 1 heterocycles. The summed E-state index contributed by atoms with van der Waals surface area (Å²) < 4.78 is 27.6. The van der Waals surface area contributed by atoms with Crippen molar-refractivity contribution in [3.05, 3.63) is 22.3 Å². The average Bonchev–Trinajstić information content (AvgIpc) is 3.14. The number of anilines is 1. The van der Waals surface area contributed by atoms with Crippen LogP contribution in [0, 0.1) is 6.92 Å². The van der Waals surface area contributed by atoms with Crippen molar-refractivity contribution in [3.8, 4) is 0 Å². The molecule has 2 rings (SSSR count). The van der Waals surface area contributed by atoms with Gasteiger partial charge < -0.3 is 5.32 Å². The SMILES string of the molecule is Cc1nc(NS(=O)(=O)C(C)CNC2CC2)ccc1Br. The van der Waals surface area contributed by atoms with Crippen molar-refractivity contribution in [1.82, 2.24) is 10.3 Å². The van der Waals surface area contributed by atoms with Crippen LogP contribution in [0.4, 0.5) is 5.82 Å². The minimum Gasteiger partial charge on any atom is -0.313 e. The normalized spacial score (nSPS) is 17.2. The summed E-state index contributed by atoms with van der Waals surface area (Å²) in [5, 5.41) is 2.73. The third kappa shape index (κ3) is 4.15. The summed E-state index contributed by atoms with van der Waals surface area (Å²) >= 11 is 3.34. The summed E-state index contributed by atoms with van der Waals surface area (Å²) in [5.74, 6) is 0.360. The third-order valence-electron chi connectivity index (χ3n) is 3.07. The van der Waals surface area contributed by atoms with Crippen molar-refractivity contribution >= 4 is 31.8 Å². The Hall–Kier alpha value is -0.660. The summed E-state index contributed by atoms with van der Waals surface area (Å²) in [4.78, 5) is 4.19. The van der Waals surface area contributed by atoms with Gasteiger partial charge in [-0.1, -0.05) is 0 Å². The van der Waals surface area contributed by atoms with Crippen LogP contribution < -0.4 is 10.0 Å². The lowest BCUT2D eigenvalue weighted by Crippen LogP contribution is -2.35. The molecule has 1 aliphatic carbocycles. The number of nitrogens with one attached hydrogen (secondary N) is 2. The van der Waals surface area contributed by atoms with Gasteiger partial charge in [0.2, 0.25) is 10.0 Å². The minimum atomic E-state index is -3.40. The highest BCUT2D eigenvalue weighted by molar-refractivity contribution is 9.10. The van der Waals surface area contributed by atoms with Crippen LogP contribution in [0.5, 0.6) is 0 Å². The zero-order chi connectivity index (χ0) is 14.0. The second-order valence-corrected chi connectivity index (χ2v) is 7.86. The minimum absolute atomic E-state index is 0.360. The Bertz CT molecular complexity index is 558. The van der Waals surface area contributed by atoms with Crippen LogP contribution in [0.15, 0.2) is 16.6 Å². The highest BCUT2D eigenvalue weighted by Crippen LogP contribution is 2.20. The van der Waals surface area contributed by atoms with Crippen LogP contribution in [-0.2, 0) is 10.0 Å². The maximum Gasteiger partial charge on any atom is 0.237 e. The number of rotatable bonds is 6. The lowest BCUT2D eigenvalue weighted by atomic mass is 10.4. The Morgan fingerprint density at radius 3 is 2.74 bits per heavy atom. The molecule has 0 radical (unpaired) electrons. The van der Waals surface area contributed by atoms with Gasteiger partial charge in [0, 0.05) is 17.1 Å². The second-order valence-electron chi connectivity index (χ2n) is 4.90. The molecule has 19 heavy (non-hydrogen) atoms. The van der Waals surface area contributed by atoms with Crippen LogP contribution in [0.2, 0.25) is 0 Å². The van der Waals surface area contributed by atoms with E-state index in [-0.39, 0.29) is 0 Å². The first-order valence-corrected chi connectivity index (χ1v) is 8.60. The molecule has 0 bridgehead atoms.